The van der Waals surface area contributed by atoms with Crippen molar-refractivity contribution in [2.24, 2.45) is 17.8 Å². The van der Waals surface area contributed by atoms with Gasteiger partial charge in [-0.2, -0.15) is 0 Å². The van der Waals surface area contributed by atoms with Crippen LogP contribution in [0.15, 0.2) is 80.3 Å². The van der Waals surface area contributed by atoms with Crippen LogP contribution in [0.2, 0.25) is 0 Å². The summed E-state index contributed by atoms with van der Waals surface area (Å²) >= 11 is 6.45. The van der Waals surface area contributed by atoms with E-state index < -0.39 is 64.9 Å². The van der Waals surface area contributed by atoms with E-state index in [9.17, 15) is 37.5 Å². The summed E-state index contributed by atoms with van der Waals surface area (Å²) in [5, 5.41) is 10.8. The Balaban J connectivity index is 1.49. The first-order chi connectivity index (χ1) is 19.4. The number of ether oxygens (including phenoxy) is 1. The van der Waals surface area contributed by atoms with Gasteiger partial charge in [-0.05, 0) is 77.2 Å². The number of anilines is 1. The number of allylic oxidation sites excluding steroid dienone is 6. The van der Waals surface area contributed by atoms with Crippen LogP contribution in [0.4, 0.5) is 18.9 Å². The summed E-state index contributed by atoms with van der Waals surface area (Å²) in [6.45, 7) is 0. The molecule has 1 heterocycles. The number of imide groups is 1. The Morgan fingerprint density at radius 2 is 1.66 bits per heavy atom. The first kappa shape index (κ1) is 27.6. The van der Waals surface area contributed by atoms with Crippen molar-refractivity contribution in [3.05, 3.63) is 85.9 Å². The van der Waals surface area contributed by atoms with Gasteiger partial charge in [-0.25, -0.2) is 0 Å². The van der Waals surface area contributed by atoms with Crippen molar-refractivity contribution in [1.29, 1.82) is 0 Å². The zero-order valence-electron chi connectivity index (χ0n) is 20.7. The van der Waals surface area contributed by atoms with Gasteiger partial charge < -0.3 is 9.84 Å². The molecule has 4 aliphatic rings. The van der Waals surface area contributed by atoms with Crippen molar-refractivity contribution in [3.8, 4) is 11.5 Å². The highest BCUT2D eigenvalue weighted by Gasteiger charge is 2.57. The molecule has 2 amide bonds. The molecule has 0 spiro atoms. The van der Waals surface area contributed by atoms with E-state index in [4.69, 9.17) is 0 Å². The molecular formula is C29H18Br2F3NO6. The molecule has 0 aromatic heterocycles. The summed E-state index contributed by atoms with van der Waals surface area (Å²) < 4.78 is 44.0. The summed E-state index contributed by atoms with van der Waals surface area (Å²) in [5.74, 6) is -6.44. The number of benzene rings is 2. The molecule has 0 saturated carbocycles. The number of Topliss-reactive ketones (excluding diaryl/α,β-unsaturated/α-hetero) is 1. The van der Waals surface area contributed by atoms with Gasteiger partial charge in [-0.3, -0.25) is 24.1 Å². The molecule has 2 aromatic carbocycles. The number of carbonyl (C=O) groups excluding carboxylic acids is 4. The molecule has 1 saturated heterocycles. The summed E-state index contributed by atoms with van der Waals surface area (Å²) in [4.78, 5) is 55.1. The molecule has 6 rings (SSSR count). The number of halogens is 5. The highest BCUT2D eigenvalue weighted by Crippen LogP contribution is 2.57. The quantitative estimate of drug-likeness (QED) is 0.240. The summed E-state index contributed by atoms with van der Waals surface area (Å²) in [6.07, 6.45) is -2.11. The molecule has 0 radical (unpaired) electrons. The Hall–Kier alpha value is -3.51. The number of alkyl halides is 3. The van der Waals surface area contributed by atoms with Gasteiger partial charge in [0.15, 0.2) is 11.6 Å². The first-order valence-electron chi connectivity index (χ1n) is 12.5. The molecule has 1 aliphatic heterocycles. The number of aromatic hydroxyl groups is 1. The van der Waals surface area contributed by atoms with Crippen LogP contribution in [0, 0.1) is 17.8 Å². The van der Waals surface area contributed by atoms with Crippen molar-refractivity contribution in [3.63, 3.8) is 0 Å². The summed E-state index contributed by atoms with van der Waals surface area (Å²) in [5.41, 5.74) is 0.885. The lowest BCUT2D eigenvalue weighted by Crippen LogP contribution is -2.39. The maximum Gasteiger partial charge on any atom is 0.573 e. The first-order valence-corrected chi connectivity index (χ1v) is 14.1. The average Bonchev–Trinajstić information content (AvgIpc) is 3.17. The Kier molecular flexibility index (Phi) is 6.61. The van der Waals surface area contributed by atoms with E-state index in [0.29, 0.717) is 11.3 Å². The predicted molar refractivity (Wildman–Crippen MR) is 146 cm³/mol. The summed E-state index contributed by atoms with van der Waals surface area (Å²) in [6, 6.07) is 9.60. The van der Waals surface area contributed by atoms with Crippen molar-refractivity contribution in [1.82, 2.24) is 0 Å². The number of carbonyl (C=O) groups is 4. The van der Waals surface area contributed by atoms with Gasteiger partial charge >= 0.3 is 6.36 Å². The molecule has 4 unspecified atom stereocenters. The van der Waals surface area contributed by atoms with E-state index in [2.05, 4.69) is 36.6 Å². The van der Waals surface area contributed by atoms with Crippen LogP contribution in [0.25, 0.3) is 0 Å². The van der Waals surface area contributed by atoms with Gasteiger partial charge in [0.2, 0.25) is 11.8 Å². The average molecular weight is 693 g/mol. The number of rotatable bonds is 3. The van der Waals surface area contributed by atoms with Gasteiger partial charge in [0.05, 0.1) is 22.0 Å². The van der Waals surface area contributed by atoms with E-state index in [-0.39, 0.29) is 34.0 Å². The fourth-order valence-corrected chi connectivity index (χ4v) is 7.08. The maximum absolute atomic E-state index is 13.9. The Labute approximate surface area is 247 Å². The van der Waals surface area contributed by atoms with E-state index >= 15 is 0 Å². The lowest BCUT2D eigenvalue weighted by Gasteiger charge is -2.42. The van der Waals surface area contributed by atoms with Crippen LogP contribution in [0.5, 0.6) is 11.5 Å². The Morgan fingerprint density at radius 3 is 2.34 bits per heavy atom. The van der Waals surface area contributed by atoms with Crippen LogP contribution in [0.1, 0.15) is 24.3 Å². The van der Waals surface area contributed by atoms with E-state index in [1.807, 2.05) is 0 Å². The third-order valence-corrected chi connectivity index (χ3v) is 9.08. The molecular weight excluding hydrogens is 675 g/mol. The largest absolute Gasteiger partial charge is 0.573 e. The number of hydrogen-bond donors (Lipinski definition) is 1. The maximum atomic E-state index is 13.9. The third-order valence-electron chi connectivity index (χ3n) is 7.96. The fourth-order valence-electron chi connectivity index (χ4n) is 6.37. The van der Waals surface area contributed by atoms with Crippen LogP contribution in [-0.4, -0.2) is 34.8 Å². The smallest absolute Gasteiger partial charge is 0.508 e. The molecule has 0 bridgehead atoms. The van der Waals surface area contributed by atoms with Crippen molar-refractivity contribution in [2.45, 2.75) is 25.1 Å². The van der Waals surface area contributed by atoms with Crippen molar-refractivity contribution < 1.29 is 42.2 Å². The number of ketones is 2. The minimum absolute atomic E-state index is 0.00322. The number of phenolic OH excluding ortho intramolecular Hbond substituents is 1. The van der Waals surface area contributed by atoms with E-state index in [1.165, 1.54) is 0 Å². The number of fused-ring (bicyclic) bond motifs is 3. The lowest BCUT2D eigenvalue weighted by atomic mass is 9.59. The molecule has 3 aliphatic carbocycles. The highest BCUT2D eigenvalue weighted by molar-refractivity contribution is 9.12. The number of nitrogens with zero attached hydrogens (tertiary/aromatic N) is 1. The van der Waals surface area contributed by atoms with Gasteiger partial charge in [0.25, 0.3) is 0 Å². The second kappa shape index (κ2) is 9.80. The second-order valence-corrected chi connectivity index (χ2v) is 11.9. The van der Waals surface area contributed by atoms with Gasteiger partial charge in [0.1, 0.15) is 11.5 Å². The zero-order chi connectivity index (χ0) is 29.4. The summed E-state index contributed by atoms with van der Waals surface area (Å²) in [7, 11) is 0. The highest BCUT2D eigenvalue weighted by atomic mass is 79.9. The normalized spacial score (nSPS) is 25.9. The Morgan fingerprint density at radius 1 is 0.951 bits per heavy atom. The van der Waals surface area contributed by atoms with Crippen LogP contribution in [0.3, 0.4) is 0 Å². The van der Waals surface area contributed by atoms with E-state index in [1.54, 1.807) is 30.3 Å². The monoisotopic (exact) mass is 691 g/mol. The molecule has 7 nitrogen and oxygen atoms in total. The van der Waals surface area contributed by atoms with Crippen LogP contribution < -0.4 is 9.64 Å². The molecule has 210 valence electrons. The molecule has 4 atom stereocenters. The SMILES string of the molecule is O=C1C=C(Br)C(=O)C2=C1C(c1cc(OC(F)(F)F)ccc1O)C1=CCC3C(=O)N(c4ccc(Br)cc4)C(=O)C3C1C2. The standard InChI is InChI=1S/C29H18Br2F3NO6/c30-12-1-3-13(4-2-12)35-27(39)16-7-6-15-17(24(16)28(35)40)10-19-25(22(37)11-20(31)26(19)38)23(15)18-9-14(5-8-21(18)36)41-29(32,33)34/h1-6,8-9,11,16-17,23-24,36H,7,10H2. The molecule has 1 fully saturated rings. The second-order valence-electron chi connectivity index (χ2n) is 10.2. The minimum atomic E-state index is -5.01. The van der Waals surface area contributed by atoms with Gasteiger partial charge in [-0.1, -0.05) is 27.6 Å². The number of hydrogen-bond acceptors (Lipinski definition) is 6. The third kappa shape index (κ3) is 4.57. The molecule has 41 heavy (non-hydrogen) atoms. The predicted octanol–water partition coefficient (Wildman–Crippen LogP) is 6.02. The molecule has 2 aromatic rings. The fraction of sp³-hybridized carbons (Fsp3) is 0.241. The molecule has 1 N–H and O–H groups in total. The Bertz CT molecular complexity index is 1640. The number of phenols is 1. The van der Waals surface area contributed by atoms with Crippen molar-refractivity contribution in [2.75, 3.05) is 4.90 Å². The topological polar surface area (TPSA) is 101 Å². The van der Waals surface area contributed by atoms with Gasteiger partial charge in [0, 0.05) is 33.2 Å². The molecule has 12 heteroatoms. The minimum Gasteiger partial charge on any atom is -0.508 e. The van der Waals surface area contributed by atoms with Gasteiger partial charge in [-0.15, -0.1) is 13.2 Å². The lowest BCUT2D eigenvalue weighted by molar-refractivity contribution is -0.274. The van der Waals surface area contributed by atoms with E-state index in [0.717, 1.165) is 33.6 Å². The zero-order valence-corrected chi connectivity index (χ0v) is 23.9. The van der Waals surface area contributed by atoms with Crippen molar-refractivity contribution >= 4 is 60.9 Å². The van der Waals surface area contributed by atoms with Crippen LogP contribution in [-0.2, 0) is 19.2 Å². The number of amides is 2. The van der Waals surface area contributed by atoms with Crippen LogP contribution >= 0.6 is 31.9 Å².